The Balaban J connectivity index is 1.34. The number of nitrogens with one attached hydrogen (secondary N) is 1. The highest BCUT2D eigenvalue weighted by atomic mass is 15.3. The molecule has 0 fully saturated rings. The van der Waals surface area contributed by atoms with Crippen molar-refractivity contribution in [2.75, 3.05) is 7.05 Å². The van der Waals surface area contributed by atoms with E-state index >= 15 is 0 Å². The van der Waals surface area contributed by atoms with E-state index in [1.807, 2.05) is 18.5 Å². The van der Waals surface area contributed by atoms with Gasteiger partial charge in [-0.2, -0.15) is 0 Å². The molecule has 0 radical (unpaired) electrons. The van der Waals surface area contributed by atoms with Gasteiger partial charge >= 0.3 is 0 Å². The highest BCUT2D eigenvalue weighted by molar-refractivity contribution is 6.09. The molecule has 3 heterocycles. The molecule has 1 atom stereocenters. The molecule has 0 saturated carbocycles. The maximum absolute atomic E-state index is 5.04. The Hall–Kier alpha value is -5.61. The van der Waals surface area contributed by atoms with Crippen molar-refractivity contribution < 1.29 is 0 Å². The number of aromatic nitrogens is 2. The predicted molar refractivity (Wildman–Crippen MR) is 179 cm³/mol. The molecule has 1 aliphatic carbocycles. The Morgan fingerprint density at radius 2 is 1.39 bits per heavy atom. The summed E-state index contributed by atoms with van der Waals surface area (Å²) >= 11 is 0. The number of nitrogens with zero attached hydrogens (tertiary/aromatic N) is 3. The Bertz CT molecular complexity index is 2200. The van der Waals surface area contributed by atoms with Gasteiger partial charge in [-0.05, 0) is 69.8 Å². The molecular formula is C40H30N4. The summed E-state index contributed by atoms with van der Waals surface area (Å²) < 4.78 is 2.43. The normalized spacial score (nSPS) is 16.3. The zero-order chi connectivity index (χ0) is 29.3. The quantitative estimate of drug-likeness (QED) is 0.232. The van der Waals surface area contributed by atoms with Crippen LogP contribution in [0.4, 0.5) is 0 Å². The molecule has 1 unspecified atom stereocenters. The maximum Gasteiger partial charge on any atom is 0.125 e. The number of para-hydroxylation sites is 1. The molecule has 2 aliphatic rings. The van der Waals surface area contributed by atoms with Crippen molar-refractivity contribution in [3.8, 4) is 16.8 Å². The Kier molecular flexibility index (Phi) is 5.36. The fourth-order valence-corrected chi connectivity index (χ4v) is 7.66. The third-order valence-electron chi connectivity index (χ3n) is 9.52. The van der Waals surface area contributed by atoms with Gasteiger partial charge in [-0.15, -0.1) is 0 Å². The first-order valence-corrected chi connectivity index (χ1v) is 15.1. The minimum atomic E-state index is -0.545. The van der Waals surface area contributed by atoms with Gasteiger partial charge in [0.25, 0.3) is 0 Å². The van der Waals surface area contributed by atoms with E-state index in [4.69, 9.17) is 4.98 Å². The Morgan fingerprint density at radius 3 is 2.14 bits per heavy atom. The molecule has 9 rings (SSSR count). The number of hydrogen-bond acceptors (Lipinski definition) is 3. The molecule has 0 spiro atoms. The molecule has 1 N–H and O–H groups in total. The van der Waals surface area contributed by atoms with E-state index in [1.54, 1.807) is 0 Å². The van der Waals surface area contributed by atoms with Crippen molar-refractivity contribution in [1.82, 2.24) is 19.8 Å². The number of benzene rings is 5. The largest absolute Gasteiger partial charge is 0.366 e. The molecule has 0 bridgehead atoms. The molecule has 4 nitrogen and oxygen atoms in total. The van der Waals surface area contributed by atoms with Gasteiger partial charge in [0, 0.05) is 42.1 Å². The van der Waals surface area contributed by atoms with E-state index in [9.17, 15) is 0 Å². The zero-order valence-corrected chi connectivity index (χ0v) is 24.4. The second kappa shape index (κ2) is 9.45. The summed E-state index contributed by atoms with van der Waals surface area (Å²) in [6, 6.07) is 48.7. The van der Waals surface area contributed by atoms with Crippen molar-refractivity contribution in [2.24, 2.45) is 0 Å². The van der Waals surface area contributed by atoms with Crippen LogP contribution in [0.2, 0.25) is 0 Å². The number of hydrogen-bond donors (Lipinski definition) is 1. The lowest BCUT2D eigenvalue weighted by molar-refractivity contribution is 0.340. The topological polar surface area (TPSA) is 33.1 Å². The first-order chi connectivity index (χ1) is 21.7. The summed E-state index contributed by atoms with van der Waals surface area (Å²) in [6.45, 7) is 0. The van der Waals surface area contributed by atoms with E-state index in [-0.39, 0.29) is 6.17 Å². The predicted octanol–water partition coefficient (Wildman–Crippen LogP) is 8.55. The van der Waals surface area contributed by atoms with Gasteiger partial charge in [-0.3, -0.25) is 4.98 Å². The van der Waals surface area contributed by atoms with E-state index in [1.165, 1.54) is 55.2 Å². The SMILES string of the molecule is CN1C=CNC1c1ccc2c3ccccc3n(-c3cccc(C4(c5ccccn5)c5ccccc5-c5ccccc54)c3)c2c1. The second-order valence-corrected chi connectivity index (χ2v) is 11.8. The molecule has 4 heteroatoms. The summed E-state index contributed by atoms with van der Waals surface area (Å²) in [6.07, 6.45) is 6.13. The van der Waals surface area contributed by atoms with Crippen LogP contribution >= 0.6 is 0 Å². The molecule has 0 saturated heterocycles. The summed E-state index contributed by atoms with van der Waals surface area (Å²) in [5.41, 5.74) is 11.5. The van der Waals surface area contributed by atoms with Gasteiger partial charge in [-0.25, -0.2) is 0 Å². The fraction of sp³-hybridized carbons (Fsp3) is 0.0750. The summed E-state index contributed by atoms with van der Waals surface area (Å²) in [7, 11) is 2.11. The first-order valence-electron chi connectivity index (χ1n) is 15.1. The van der Waals surface area contributed by atoms with Crippen LogP contribution in [0.5, 0.6) is 0 Å². The standard InChI is InChI=1S/C40H30N4/c1-43-24-23-42-39(43)27-20-21-33-32-15-4-7-18-36(32)44(37(33)25-27)29-12-10-11-28(26-29)40(38-19-8-9-22-41-38)34-16-5-2-13-30(34)31-14-3-6-17-35(31)40/h2-26,39,42H,1H3. The van der Waals surface area contributed by atoms with Crippen LogP contribution in [0.25, 0.3) is 38.6 Å². The van der Waals surface area contributed by atoms with Gasteiger partial charge in [0.2, 0.25) is 0 Å². The van der Waals surface area contributed by atoms with E-state index < -0.39 is 5.41 Å². The third-order valence-corrected chi connectivity index (χ3v) is 9.52. The minimum absolute atomic E-state index is 0.108. The van der Waals surface area contributed by atoms with Crippen LogP contribution in [0.15, 0.2) is 152 Å². The van der Waals surface area contributed by atoms with Gasteiger partial charge in [0.05, 0.1) is 22.1 Å². The zero-order valence-electron chi connectivity index (χ0n) is 24.4. The summed E-state index contributed by atoms with van der Waals surface area (Å²) in [5.74, 6) is 0. The van der Waals surface area contributed by atoms with Crippen LogP contribution in [0, 0.1) is 0 Å². The van der Waals surface area contributed by atoms with E-state index in [0.29, 0.717) is 0 Å². The lowest BCUT2D eigenvalue weighted by Gasteiger charge is -2.33. The lowest BCUT2D eigenvalue weighted by Crippen LogP contribution is -2.29. The van der Waals surface area contributed by atoms with Crippen molar-refractivity contribution in [3.63, 3.8) is 0 Å². The second-order valence-electron chi connectivity index (χ2n) is 11.8. The third kappa shape index (κ3) is 3.36. The van der Waals surface area contributed by atoms with Gasteiger partial charge in [-0.1, -0.05) is 97.1 Å². The Labute approximate surface area is 256 Å². The average Bonchev–Trinajstić information content (AvgIpc) is 3.75. The van der Waals surface area contributed by atoms with Crippen molar-refractivity contribution in [3.05, 3.63) is 180 Å². The van der Waals surface area contributed by atoms with Crippen molar-refractivity contribution in [2.45, 2.75) is 11.6 Å². The van der Waals surface area contributed by atoms with Gasteiger partial charge in [0.15, 0.2) is 0 Å². The number of rotatable bonds is 4. The first kappa shape index (κ1) is 24.9. The van der Waals surface area contributed by atoms with Gasteiger partial charge in [0.1, 0.15) is 6.17 Å². The summed E-state index contributed by atoms with van der Waals surface area (Å²) in [4.78, 5) is 7.25. The molecule has 2 aromatic heterocycles. The molecular weight excluding hydrogens is 536 g/mol. The van der Waals surface area contributed by atoms with E-state index in [0.717, 1.165) is 11.4 Å². The molecule has 1 aliphatic heterocycles. The average molecular weight is 567 g/mol. The summed E-state index contributed by atoms with van der Waals surface area (Å²) in [5, 5.41) is 6.00. The fourth-order valence-electron chi connectivity index (χ4n) is 7.66. The number of pyridine rings is 1. The Morgan fingerprint density at radius 1 is 0.659 bits per heavy atom. The maximum atomic E-state index is 5.04. The lowest BCUT2D eigenvalue weighted by atomic mass is 9.69. The molecule has 210 valence electrons. The minimum Gasteiger partial charge on any atom is -0.366 e. The van der Waals surface area contributed by atoms with Crippen LogP contribution in [0.1, 0.15) is 34.1 Å². The molecule has 44 heavy (non-hydrogen) atoms. The number of fused-ring (bicyclic) bond motifs is 6. The van der Waals surface area contributed by atoms with Crippen LogP contribution in [0.3, 0.4) is 0 Å². The smallest absolute Gasteiger partial charge is 0.125 e. The van der Waals surface area contributed by atoms with Crippen molar-refractivity contribution in [1.29, 1.82) is 0 Å². The highest BCUT2D eigenvalue weighted by Gasteiger charge is 2.47. The van der Waals surface area contributed by atoms with E-state index in [2.05, 4.69) is 155 Å². The monoisotopic (exact) mass is 566 g/mol. The van der Waals surface area contributed by atoms with Gasteiger partial charge < -0.3 is 14.8 Å². The molecule has 5 aromatic carbocycles. The van der Waals surface area contributed by atoms with Crippen LogP contribution < -0.4 is 5.32 Å². The van der Waals surface area contributed by atoms with Crippen molar-refractivity contribution >= 4 is 21.8 Å². The van der Waals surface area contributed by atoms with Crippen LogP contribution in [-0.2, 0) is 5.41 Å². The molecule has 0 amide bonds. The molecule has 7 aromatic rings. The van der Waals surface area contributed by atoms with Crippen LogP contribution in [-0.4, -0.2) is 21.5 Å². The highest BCUT2D eigenvalue weighted by Crippen LogP contribution is 2.55.